The smallest absolute Gasteiger partial charge is 0.303 e. The molecule has 0 N–H and O–H groups in total. The molecule has 0 aromatic heterocycles. The van der Waals surface area contributed by atoms with Gasteiger partial charge in [0.2, 0.25) is 12.5 Å². The van der Waals surface area contributed by atoms with E-state index in [2.05, 4.69) is 0 Å². The van der Waals surface area contributed by atoms with Gasteiger partial charge in [-0.2, -0.15) is 0 Å². The molecule has 1 unspecified atom stereocenters. The molecule has 0 saturated carbocycles. The number of hydrogen-bond acceptors (Lipinski definition) is 10. The largest absolute Gasteiger partial charge is 0.492 e. The van der Waals surface area contributed by atoms with E-state index in [9.17, 15) is 9.59 Å². The summed E-state index contributed by atoms with van der Waals surface area (Å²) in [6.07, 6.45) is 1.36. The maximum Gasteiger partial charge on any atom is 0.303 e. The molecule has 40 heavy (non-hydrogen) atoms. The first-order chi connectivity index (χ1) is 19.2. The quantitative estimate of drug-likeness (QED) is 0.436. The van der Waals surface area contributed by atoms with Gasteiger partial charge in [-0.25, -0.2) is 0 Å². The molecule has 1 amide bonds. The molecule has 1 aliphatic carbocycles. The molecule has 4 aliphatic rings. The zero-order valence-corrected chi connectivity index (χ0v) is 24.0. The SMILES string of the molecule is CCN(CC)C(=O)c1c(C2=C[C@H](OC3CCCCO3)[C@H]3OC(C)(C)O[C@H]3[C@@H]2OC(C)=O)cc2c(c1OC)OCO2. The summed E-state index contributed by atoms with van der Waals surface area (Å²) in [5.74, 6) is -0.685. The van der Waals surface area contributed by atoms with E-state index in [1.807, 2.05) is 33.8 Å². The number of methoxy groups -OCH3 is 1. The molecule has 11 heteroatoms. The summed E-state index contributed by atoms with van der Waals surface area (Å²) in [5.41, 5.74) is 1.29. The first kappa shape index (κ1) is 28.7. The number of carbonyl (C=O) groups excluding carboxylic acids is 2. The van der Waals surface area contributed by atoms with Gasteiger partial charge in [-0.15, -0.1) is 0 Å². The summed E-state index contributed by atoms with van der Waals surface area (Å²) in [7, 11) is 1.48. The van der Waals surface area contributed by atoms with Gasteiger partial charge in [0.15, 0.2) is 29.7 Å². The highest BCUT2D eigenvalue weighted by Crippen LogP contribution is 2.50. The number of carbonyl (C=O) groups is 2. The molecule has 1 aromatic rings. The van der Waals surface area contributed by atoms with Gasteiger partial charge in [0, 0.05) is 37.8 Å². The summed E-state index contributed by atoms with van der Waals surface area (Å²) in [5, 5.41) is 0. The van der Waals surface area contributed by atoms with Gasteiger partial charge in [-0.1, -0.05) is 0 Å². The van der Waals surface area contributed by atoms with Crippen LogP contribution in [0.2, 0.25) is 0 Å². The summed E-state index contributed by atoms with van der Waals surface area (Å²) >= 11 is 0. The second-order valence-corrected chi connectivity index (χ2v) is 10.7. The standard InChI is InChI=1S/C29H39NO10/c1-7-30(8-2)28(32)22-17(13-19-24(26(22)33-6)36-15-35-19)18-14-20(38-21-11-9-10-12-34-21)25-27(23(18)37-16(3)31)40-29(4,5)39-25/h13-14,20-21,23,25,27H,7-12,15H2,1-6H3/t20-,21?,23+,25+,27-/m0/s1. The molecule has 2 fully saturated rings. The predicted molar refractivity (Wildman–Crippen MR) is 142 cm³/mol. The Morgan fingerprint density at radius 1 is 1.10 bits per heavy atom. The van der Waals surface area contributed by atoms with Crippen molar-refractivity contribution in [2.75, 3.05) is 33.6 Å². The van der Waals surface area contributed by atoms with Crippen LogP contribution in [0, 0.1) is 0 Å². The van der Waals surface area contributed by atoms with E-state index >= 15 is 0 Å². The molecule has 0 radical (unpaired) electrons. The van der Waals surface area contributed by atoms with Crippen LogP contribution in [0.25, 0.3) is 5.57 Å². The van der Waals surface area contributed by atoms with Gasteiger partial charge >= 0.3 is 5.97 Å². The third kappa shape index (κ3) is 5.39. The van der Waals surface area contributed by atoms with Crippen LogP contribution in [0.1, 0.15) is 69.8 Å². The Kier molecular flexibility index (Phi) is 8.28. The first-order valence-corrected chi connectivity index (χ1v) is 14.0. The van der Waals surface area contributed by atoms with E-state index in [0.717, 1.165) is 19.3 Å². The minimum atomic E-state index is -0.960. The van der Waals surface area contributed by atoms with Crippen molar-refractivity contribution in [1.29, 1.82) is 0 Å². The first-order valence-electron chi connectivity index (χ1n) is 14.0. The highest BCUT2D eigenvalue weighted by atomic mass is 16.8. The highest BCUT2D eigenvalue weighted by molar-refractivity contribution is 6.04. The fraction of sp³-hybridized carbons (Fsp3) is 0.655. The summed E-state index contributed by atoms with van der Waals surface area (Å²) in [6, 6.07) is 1.74. The van der Waals surface area contributed by atoms with Crippen molar-refractivity contribution >= 4 is 17.4 Å². The van der Waals surface area contributed by atoms with Gasteiger partial charge in [-0.05, 0) is 59.1 Å². The third-order valence-corrected chi connectivity index (χ3v) is 7.58. The number of rotatable bonds is 8. The Morgan fingerprint density at radius 3 is 2.50 bits per heavy atom. The molecule has 3 heterocycles. The number of ether oxygens (including phenoxy) is 8. The van der Waals surface area contributed by atoms with Crippen molar-refractivity contribution in [2.24, 2.45) is 0 Å². The average Bonchev–Trinajstić information content (AvgIpc) is 3.53. The lowest BCUT2D eigenvalue weighted by Crippen LogP contribution is -2.50. The van der Waals surface area contributed by atoms with E-state index in [-0.39, 0.29) is 24.0 Å². The van der Waals surface area contributed by atoms with E-state index in [4.69, 9.17) is 37.9 Å². The number of benzene rings is 1. The Labute approximate surface area is 234 Å². The molecule has 2 saturated heterocycles. The molecular weight excluding hydrogens is 522 g/mol. The second-order valence-electron chi connectivity index (χ2n) is 10.7. The molecular formula is C29H39NO10. The lowest BCUT2D eigenvalue weighted by molar-refractivity contribution is -0.208. The number of nitrogens with zero attached hydrogens (tertiary/aromatic N) is 1. The van der Waals surface area contributed by atoms with Crippen LogP contribution in [0.3, 0.4) is 0 Å². The van der Waals surface area contributed by atoms with Crippen molar-refractivity contribution in [3.8, 4) is 17.2 Å². The number of amides is 1. The Bertz CT molecular complexity index is 1150. The molecule has 5 atom stereocenters. The molecule has 3 aliphatic heterocycles. The van der Waals surface area contributed by atoms with E-state index in [0.29, 0.717) is 42.3 Å². The minimum absolute atomic E-state index is 0.0128. The fourth-order valence-corrected chi connectivity index (χ4v) is 5.83. The maximum absolute atomic E-state index is 14.0. The molecule has 11 nitrogen and oxygen atoms in total. The summed E-state index contributed by atoms with van der Waals surface area (Å²) in [4.78, 5) is 28.1. The third-order valence-electron chi connectivity index (χ3n) is 7.58. The van der Waals surface area contributed by atoms with Gasteiger partial charge < -0.3 is 42.8 Å². The van der Waals surface area contributed by atoms with Gasteiger partial charge in [-0.3, -0.25) is 9.59 Å². The van der Waals surface area contributed by atoms with E-state index in [1.165, 1.54) is 14.0 Å². The zero-order chi connectivity index (χ0) is 28.6. The Hall–Kier alpha value is -2.86. The predicted octanol–water partition coefficient (Wildman–Crippen LogP) is 3.67. The normalized spacial score (nSPS) is 28.4. The van der Waals surface area contributed by atoms with Crippen molar-refractivity contribution < 1.29 is 47.5 Å². The molecule has 0 bridgehead atoms. The Balaban J connectivity index is 1.70. The van der Waals surface area contributed by atoms with Crippen LogP contribution in [0.4, 0.5) is 0 Å². The monoisotopic (exact) mass is 561 g/mol. The summed E-state index contributed by atoms with van der Waals surface area (Å²) in [6.45, 7) is 10.3. The molecule has 220 valence electrons. The van der Waals surface area contributed by atoms with Crippen LogP contribution in [0.15, 0.2) is 12.1 Å². The second kappa shape index (κ2) is 11.6. The van der Waals surface area contributed by atoms with Gasteiger partial charge in [0.25, 0.3) is 5.91 Å². The van der Waals surface area contributed by atoms with Crippen molar-refractivity contribution in [3.05, 3.63) is 23.3 Å². The van der Waals surface area contributed by atoms with Crippen LogP contribution >= 0.6 is 0 Å². The maximum atomic E-state index is 14.0. The van der Waals surface area contributed by atoms with Gasteiger partial charge in [0.1, 0.15) is 18.3 Å². The van der Waals surface area contributed by atoms with Crippen LogP contribution in [0.5, 0.6) is 17.2 Å². The van der Waals surface area contributed by atoms with Gasteiger partial charge in [0.05, 0.1) is 12.7 Å². The van der Waals surface area contributed by atoms with Crippen molar-refractivity contribution in [1.82, 2.24) is 4.90 Å². The minimum Gasteiger partial charge on any atom is -0.492 e. The lowest BCUT2D eigenvalue weighted by atomic mass is 9.83. The number of esters is 1. The average molecular weight is 562 g/mol. The van der Waals surface area contributed by atoms with Crippen molar-refractivity contribution in [2.45, 2.75) is 90.4 Å². The highest BCUT2D eigenvalue weighted by Gasteiger charge is 2.54. The molecule has 0 spiro atoms. The van der Waals surface area contributed by atoms with Crippen LogP contribution < -0.4 is 14.2 Å². The van der Waals surface area contributed by atoms with Crippen LogP contribution in [-0.2, 0) is 28.5 Å². The van der Waals surface area contributed by atoms with E-state index < -0.39 is 42.5 Å². The molecule has 5 rings (SSSR count). The fourth-order valence-electron chi connectivity index (χ4n) is 5.83. The molecule has 1 aromatic carbocycles. The zero-order valence-electron chi connectivity index (χ0n) is 24.0. The summed E-state index contributed by atoms with van der Waals surface area (Å²) < 4.78 is 48.1. The number of hydrogen-bond donors (Lipinski definition) is 0. The topological polar surface area (TPSA) is 111 Å². The Morgan fingerprint density at radius 2 is 1.85 bits per heavy atom. The number of fused-ring (bicyclic) bond motifs is 2. The van der Waals surface area contributed by atoms with Crippen LogP contribution in [-0.4, -0.2) is 86.9 Å². The lowest BCUT2D eigenvalue weighted by Gasteiger charge is -2.38. The van der Waals surface area contributed by atoms with E-state index in [1.54, 1.807) is 11.0 Å². The van der Waals surface area contributed by atoms with Crippen molar-refractivity contribution in [3.63, 3.8) is 0 Å².